The summed E-state index contributed by atoms with van der Waals surface area (Å²) >= 11 is 14.5. The summed E-state index contributed by atoms with van der Waals surface area (Å²) in [7, 11) is 0. The molecule has 0 saturated carbocycles. The number of hydrogen-bond donors (Lipinski definition) is 0. The van der Waals surface area contributed by atoms with Crippen LogP contribution in [0.2, 0.25) is 5.15 Å². The average Bonchev–Trinajstić information content (AvgIpc) is 2.99. The molecule has 0 bridgehead atoms. The van der Waals surface area contributed by atoms with Gasteiger partial charge in [0.1, 0.15) is 5.15 Å². The van der Waals surface area contributed by atoms with Crippen molar-refractivity contribution in [2.24, 2.45) is 0 Å². The zero-order valence-corrected chi connectivity index (χ0v) is 15.8. The minimum absolute atomic E-state index is 0.186. The van der Waals surface area contributed by atoms with Gasteiger partial charge in [0.2, 0.25) is 0 Å². The van der Waals surface area contributed by atoms with E-state index in [-0.39, 0.29) is 5.38 Å². The summed E-state index contributed by atoms with van der Waals surface area (Å²) in [5.74, 6) is 0. The normalized spacial score (nSPS) is 14.0. The molecule has 0 amide bonds. The fourth-order valence-electron chi connectivity index (χ4n) is 2.27. The van der Waals surface area contributed by atoms with Crippen molar-refractivity contribution in [2.75, 3.05) is 0 Å². The summed E-state index contributed by atoms with van der Waals surface area (Å²) in [6.45, 7) is 4.81. The third-order valence-corrected chi connectivity index (χ3v) is 5.61. The summed E-state index contributed by atoms with van der Waals surface area (Å²) < 4.78 is 1.80. The van der Waals surface area contributed by atoms with E-state index in [9.17, 15) is 0 Å². The average molecular weight is 381 g/mol. The lowest BCUT2D eigenvalue weighted by molar-refractivity contribution is 0.613. The Bertz CT molecular complexity index is 822. The maximum absolute atomic E-state index is 6.54. The van der Waals surface area contributed by atoms with Crippen molar-refractivity contribution in [1.82, 2.24) is 19.7 Å². The van der Waals surface area contributed by atoms with Gasteiger partial charge in [0.05, 0.1) is 23.5 Å². The predicted octanol–water partition coefficient (Wildman–Crippen LogP) is 5.35. The second kappa shape index (κ2) is 7.72. The van der Waals surface area contributed by atoms with E-state index in [4.69, 9.17) is 23.2 Å². The molecule has 2 atom stereocenters. The van der Waals surface area contributed by atoms with Crippen LogP contribution in [0.15, 0.2) is 41.7 Å². The van der Waals surface area contributed by atoms with Crippen molar-refractivity contribution < 1.29 is 0 Å². The molecule has 0 saturated heterocycles. The Hall–Kier alpha value is -1.30. The number of aromatic nitrogens is 4. The highest BCUT2D eigenvalue weighted by molar-refractivity contribution is 7.99. The molecule has 0 aliphatic rings. The van der Waals surface area contributed by atoms with Crippen LogP contribution < -0.4 is 0 Å². The molecule has 2 aromatic heterocycles. The van der Waals surface area contributed by atoms with Crippen molar-refractivity contribution in [1.29, 1.82) is 0 Å². The molecule has 0 radical (unpaired) electrons. The van der Waals surface area contributed by atoms with Crippen LogP contribution in [-0.2, 0) is 6.54 Å². The first-order valence-corrected chi connectivity index (χ1v) is 9.52. The molecule has 2 heterocycles. The molecule has 0 spiro atoms. The topological polar surface area (TPSA) is 43.6 Å². The highest BCUT2D eigenvalue weighted by Gasteiger charge is 2.16. The largest absolute Gasteiger partial charge is 0.245 e. The molecular weight excluding hydrogens is 363 g/mol. The lowest BCUT2D eigenvalue weighted by Crippen LogP contribution is -2.07. The molecule has 126 valence electrons. The Morgan fingerprint density at radius 3 is 2.67 bits per heavy atom. The second-order valence-electron chi connectivity index (χ2n) is 5.58. The number of alkyl halides is 1. The maximum Gasteiger partial charge on any atom is 0.191 e. The molecule has 3 rings (SSSR count). The number of benzene rings is 1. The van der Waals surface area contributed by atoms with Crippen molar-refractivity contribution in [3.05, 3.63) is 47.2 Å². The van der Waals surface area contributed by atoms with Crippen molar-refractivity contribution in [3.8, 4) is 0 Å². The van der Waals surface area contributed by atoms with E-state index in [2.05, 4.69) is 28.9 Å². The fraction of sp³-hybridized carbons (Fsp3) is 0.353. The van der Waals surface area contributed by atoms with E-state index < -0.39 is 0 Å². The number of thioether (sulfide) groups is 1. The summed E-state index contributed by atoms with van der Waals surface area (Å²) in [5.41, 5.74) is 1.78. The van der Waals surface area contributed by atoms with Crippen molar-refractivity contribution in [3.63, 3.8) is 0 Å². The van der Waals surface area contributed by atoms with Crippen LogP contribution in [0.3, 0.4) is 0 Å². The van der Waals surface area contributed by atoms with E-state index in [1.165, 1.54) is 0 Å². The first kappa shape index (κ1) is 17.5. The zero-order valence-electron chi connectivity index (χ0n) is 13.5. The van der Waals surface area contributed by atoms with Gasteiger partial charge in [0.25, 0.3) is 0 Å². The molecule has 0 N–H and O–H groups in total. The molecule has 24 heavy (non-hydrogen) atoms. The molecule has 2 unspecified atom stereocenters. The minimum Gasteiger partial charge on any atom is -0.245 e. The van der Waals surface area contributed by atoms with Gasteiger partial charge in [-0.05, 0) is 12.0 Å². The maximum atomic E-state index is 6.54. The van der Waals surface area contributed by atoms with Crippen molar-refractivity contribution in [2.45, 2.75) is 42.6 Å². The van der Waals surface area contributed by atoms with Gasteiger partial charge in [-0.1, -0.05) is 67.5 Å². The Kier molecular flexibility index (Phi) is 5.64. The summed E-state index contributed by atoms with van der Waals surface area (Å²) in [6, 6.07) is 9.95. The fourth-order valence-corrected chi connectivity index (χ4v) is 3.62. The minimum atomic E-state index is -0.186. The predicted molar refractivity (Wildman–Crippen MR) is 101 cm³/mol. The highest BCUT2D eigenvalue weighted by Crippen LogP contribution is 2.29. The summed E-state index contributed by atoms with van der Waals surface area (Å²) in [6.07, 6.45) is 2.74. The quantitative estimate of drug-likeness (QED) is 0.250. The Labute approximate surface area is 155 Å². The molecule has 0 aliphatic heterocycles. The van der Waals surface area contributed by atoms with Crippen LogP contribution in [0.25, 0.3) is 11.0 Å². The lowest BCUT2D eigenvalue weighted by Gasteiger charge is -2.11. The SMILES string of the molecule is CCC(C)Sc1nc(Cl)c2cnn(CC(Cl)c3ccccc3)c2n1. The number of nitrogens with zero attached hydrogens (tertiary/aromatic N) is 4. The van der Waals surface area contributed by atoms with Gasteiger partial charge in [-0.3, -0.25) is 0 Å². The number of hydrogen-bond acceptors (Lipinski definition) is 4. The van der Waals surface area contributed by atoms with Crippen LogP contribution >= 0.6 is 35.0 Å². The molecule has 0 aliphatic carbocycles. The van der Waals surface area contributed by atoms with Crippen molar-refractivity contribution >= 4 is 46.0 Å². The van der Waals surface area contributed by atoms with E-state index in [1.54, 1.807) is 22.6 Å². The van der Waals surface area contributed by atoms with Gasteiger partial charge in [-0.25, -0.2) is 14.6 Å². The van der Waals surface area contributed by atoms with Gasteiger partial charge >= 0.3 is 0 Å². The van der Waals surface area contributed by atoms with E-state index in [0.717, 1.165) is 23.0 Å². The van der Waals surface area contributed by atoms with E-state index in [0.29, 0.717) is 22.1 Å². The van der Waals surface area contributed by atoms with Crippen LogP contribution in [0.1, 0.15) is 31.2 Å². The number of halogens is 2. The molecule has 3 aromatic rings. The van der Waals surface area contributed by atoms with E-state index >= 15 is 0 Å². The number of rotatable bonds is 6. The summed E-state index contributed by atoms with van der Waals surface area (Å²) in [5, 5.41) is 6.50. The van der Waals surface area contributed by atoms with Gasteiger partial charge in [-0.2, -0.15) is 5.10 Å². The molecule has 1 aromatic carbocycles. The van der Waals surface area contributed by atoms with Crippen LogP contribution in [0.5, 0.6) is 0 Å². The highest BCUT2D eigenvalue weighted by atomic mass is 35.5. The van der Waals surface area contributed by atoms with Gasteiger partial charge in [-0.15, -0.1) is 11.6 Å². The smallest absolute Gasteiger partial charge is 0.191 e. The monoisotopic (exact) mass is 380 g/mol. The van der Waals surface area contributed by atoms with Crippen LogP contribution in [-0.4, -0.2) is 25.0 Å². The van der Waals surface area contributed by atoms with Crippen LogP contribution in [0, 0.1) is 0 Å². The molecular formula is C17H18Cl2N4S. The third kappa shape index (κ3) is 3.85. The zero-order chi connectivity index (χ0) is 17.1. The van der Waals surface area contributed by atoms with Gasteiger partial charge in [0.15, 0.2) is 10.8 Å². The first-order chi connectivity index (χ1) is 11.6. The molecule has 0 fully saturated rings. The Morgan fingerprint density at radius 2 is 1.96 bits per heavy atom. The Balaban J connectivity index is 1.91. The van der Waals surface area contributed by atoms with Crippen LogP contribution in [0.4, 0.5) is 0 Å². The van der Waals surface area contributed by atoms with Gasteiger partial charge in [0, 0.05) is 5.25 Å². The second-order valence-corrected chi connectivity index (χ2v) is 7.87. The standard InChI is InChI=1S/C17H18Cl2N4S/c1-3-11(2)24-17-21-15(19)13-9-20-23(16(13)22-17)10-14(18)12-7-5-4-6-8-12/h4-9,11,14H,3,10H2,1-2H3. The first-order valence-electron chi connectivity index (χ1n) is 7.83. The Morgan fingerprint density at radius 1 is 1.21 bits per heavy atom. The lowest BCUT2D eigenvalue weighted by atomic mass is 10.1. The van der Waals surface area contributed by atoms with E-state index in [1.807, 2.05) is 30.3 Å². The van der Waals surface area contributed by atoms with Gasteiger partial charge < -0.3 is 0 Å². The molecule has 4 nitrogen and oxygen atoms in total. The molecule has 7 heteroatoms. The summed E-state index contributed by atoms with van der Waals surface area (Å²) in [4.78, 5) is 9.01. The number of fused-ring (bicyclic) bond motifs is 1. The third-order valence-electron chi connectivity index (χ3n) is 3.81.